The van der Waals surface area contributed by atoms with Crippen LogP contribution in [0.5, 0.6) is 0 Å². The van der Waals surface area contributed by atoms with Crippen LogP contribution in [0.25, 0.3) is 100 Å². The van der Waals surface area contributed by atoms with Gasteiger partial charge in [0.25, 0.3) is 0 Å². The Morgan fingerprint density at radius 2 is 0.900 bits per heavy atom. The highest BCUT2D eigenvalue weighted by Crippen LogP contribution is 2.43. The van der Waals surface area contributed by atoms with E-state index in [9.17, 15) is 0 Å². The van der Waals surface area contributed by atoms with E-state index in [0.717, 1.165) is 82.8 Å². The lowest BCUT2D eigenvalue weighted by Gasteiger charge is -2.09. The number of aromatic nitrogens is 3. The Balaban J connectivity index is 1.16. The first-order valence-electron chi connectivity index (χ1n) is 16.6. The van der Waals surface area contributed by atoms with Crippen LogP contribution in [0.3, 0.4) is 0 Å². The average molecular weight is 642 g/mol. The van der Waals surface area contributed by atoms with Gasteiger partial charge in [0.05, 0.1) is 0 Å². The summed E-state index contributed by atoms with van der Waals surface area (Å²) in [5.74, 6) is 1.83. The maximum atomic E-state index is 6.59. The number of para-hydroxylation sites is 1. The zero-order chi connectivity index (χ0) is 33.0. The molecule has 0 atom stereocenters. The minimum absolute atomic E-state index is 0.593. The molecule has 0 aliphatic heterocycles. The Morgan fingerprint density at radius 3 is 1.62 bits per heavy atom. The van der Waals surface area contributed by atoms with Gasteiger partial charge in [-0.1, -0.05) is 133 Å². The molecule has 3 heterocycles. The molecule has 5 heteroatoms. The zero-order valence-electron chi connectivity index (χ0n) is 26.7. The Morgan fingerprint density at radius 1 is 0.320 bits per heavy atom. The molecule has 0 N–H and O–H groups in total. The van der Waals surface area contributed by atoms with Crippen LogP contribution in [0.15, 0.2) is 173 Å². The van der Waals surface area contributed by atoms with Crippen molar-refractivity contribution in [2.75, 3.05) is 0 Å². The van der Waals surface area contributed by atoms with Gasteiger partial charge < -0.3 is 8.83 Å². The Kier molecular flexibility index (Phi) is 6.42. The van der Waals surface area contributed by atoms with Crippen molar-refractivity contribution in [3.8, 4) is 56.4 Å². The molecule has 0 spiro atoms. The van der Waals surface area contributed by atoms with Crippen LogP contribution < -0.4 is 0 Å². The number of fused-ring (bicyclic) bond motifs is 6. The summed E-state index contributed by atoms with van der Waals surface area (Å²) in [6.45, 7) is 0. The minimum atomic E-state index is 0.593. The van der Waals surface area contributed by atoms with E-state index in [1.165, 1.54) is 0 Å². The summed E-state index contributed by atoms with van der Waals surface area (Å²) >= 11 is 0. The van der Waals surface area contributed by atoms with Gasteiger partial charge in [-0.25, -0.2) is 15.0 Å². The van der Waals surface area contributed by atoms with E-state index in [1.807, 2.05) is 91.0 Å². The molecule has 0 fully saturated rings. The number of benzene rings is 7. The molecule has 234 valence electrons. The third kappa shape index (κ3) is 4.60. The predicted octanol–water partition coefficient (Wildman–Crippen LogP) is 12.0. The number of hydrogen-bond acceptors (Lipinski definition) is 5. The molecule has 7 aromatic carbocycles. The van der Waals surface area contributed by atoms with Gasteiger partial charge >= 0.3 is 0 Å². The summed E-state index contributed by atoms with van der Waals surface area (Å²) < 4.78 is 13.2. The van der Waals surface area contributed by atoms with Gasteiger partial charge in [0, 0.05) is 43.8 Å². The van der Waals surface area contributed by atoms with E-state index in [-0.39, 0.29) is 0 Å². The summed E-state index contributed by atoms with van der Waals surface area (Å²) in [5, 5.41) is 4.16. The van der Waals surface area contributed by atoms with Crippen molar-refractivity contribution in [3.05, 3.63) is 164 Å². The normalized spacial score (nSPS) is 11.6. The molecule has 3 aromatic heterocycles. The zero-order valence-corrected chi connectivity index (χ0v) is 26.7. The Labute approximate surface area is 287 Å². The first-order valence-corrected chi connectivity index (χ1v) is 16.6. The van der Waals surface area contributed by atoms with Crippen LogP contribution in [-0.2, 0) is 0 Å². The van der Waals surface area contributed by atoms with E-state index in [4.69, 9.17) is 23.8 Å². The van der Waals surface area contributed by atoms with Gasteiger partial charge in [-0.2, -0.15) is 0 Å². The average Bonchev–Trinajstić information content (AvgIpc) is 3.77. The largest absolute Gasteiger partial charge is 0.456 e. The molecule has 0 bridgehead atoms. The smallest absolute Gasteiger partial charge is 0.164 e. The SMILES string of the molecule is c1ccc(-c2nc(-c3ccccc3)nc(-c3cccc4oc5cc(-c6ccc(-c7ccccc7)c7c6oc6ccccc67)ccc5c34)n2)cc1. The van der Waals surface area contributed by atoms with E-state index in [2.05, 4.69) is 72.8 Å². The van der Waals surface area contributed by atoms with Gasteiger partial charge in [-0.05, 0) is 47.0 Å². The summed E-state index contributed by atoms with van der Waals surface area (Å²) in [5.41, 5.74) is 10.3. The predicted molar refractivity (Wildman–Crippen MR) is 202 cm³/mol. The highest BCUT2D eigenvalue weighted by Gasteiger charge is 2.20. The molecule has 0 radical (unpaired) electrons. The van der Waals surface area contributed by atoms with Crippen LogP contribution >= 0.6 is 0 Å². The molecule has 5 nitrogen and oxygen atoms in total. The lowest BCUT2D eigenvalue weighted by Crippen LogP contribution is -2.00. The first-order chi connectivity index (χ1) is 24.8. The second-order valence-electron chi connectivity index (χ2n) is 12.4. The van der Waals surface area contributed by atoms with Crippen LogP contribution in [0, 0.1) is 0 Å². The van der Waals surface area contributed by atoms with Crippen LogP contribution in [0.1, 0.15) is 0 Å². The fourth-order valence-corrected chi connectivity index (χ4v) is 7.02. The van der Waals surface area contributed by atoms with Crippen molar-refractivity contribution < 1.29 is 8.83 Å². The molecular weight excluding hydrogens is 615 g/mol. The van der Waals surface area contributed by atoms with E-state index < -0.39 is 0 Å². The van der Waals surface area contributed by atoms with Crippen molar-refractivity contribution in [1.29, 1.82) is 0 Å². The molecule has 0 amide bonds. The fourth-order valence-electron chi connectivity index (χ4n) is 7.02. The molecule has 0 aliphatic rings. The van der Waals surface area contributed by atoms with Crippen LogP contribution in [-0.4, -0.2) is 15.0 Å². The van der Waals surface area contributed by atoms with Crippen LogP contribution in [0.4, 0.5) is 0 Å². The third-order valence-electron chi connectivity index (χ3n) is 9.36. The maximum absolute atomic E-state index is 6.59. The topological polar surface area (TPSA) is 65.0 Å². The van der Waals surface area contributed by atoms with Crippen molar-refractivity contribution in [2.45, 2.75) is 0 Å². The fraction of sp³-hybridized carbons (Fsp3) is 0. The molecule has 10 rings (SSSR count). The van der Waals surface area contributed by atoms with Crippen molar-refractivity contribution in [2.24, 2.45) is 0 Å². The van der Waals surface area contributed by atoms with Gasteiger partial charge in [0.1, 0.15) is 22.3 Å². The van der Waals surface area contributed by atoms with Crippen molar-refractivity contribution >= 4 is 43.9 Å². The number of furan rings is 2. The number of nitrogens with zero attached hydrogens (tertiary/aromatic N) is 3. The van der Waals surface area contributed by atoms with E-state index in [0.29, 0.717) is 17.5 Å². The second-order valence-corrected chi connectivity index (χ2v) is 12.4. The highest BCUT2D eigenvalue weighted by molar-refractivity contribution is 6.17. The third-order valence-corrected chi connectivity index (χ3v) is 9.36. The van der Waals surface area contributed by atoms with Crippen molar-refractivity contribution in [1.82, 2.24) is 15.0 Å². The summed E-state index contributed by atoms with van der Waals surface area (Å²) in [4.78, 5) is 14.9. The molecule has 0 saturated carbocycles. The Bertz CT molecular complexity index is 2800. The quantitative estimate of drug-likeness (QED) is 0.187. The van der Waals surface area contributed by atoms with Gasteiger partial charge in [0.2, 0.25) is 0 Å². The number of hydrogen-bond donors (Lipinski definition) is 0. The maximum Gasteiger partial charge on any atom is 0.164 e. The minimum Gasteiger partial charge on any atom is -0.456 e. The van der Waals surface area contributed by atoms with Gasteiger partial charge in [0.15, 0.2) is 17.5 Å². The highest BCUT2D eigenvalue weighted by atomic mass is 16.3. The summed E-state index contributed by atoms with van der Waals surface area (Å²) in [6.07, 6.45) is 0. The standard InChI is InChI=1S/C45H27N3O2/c1-4-13-28(14-5-1)32-25-26-33(42-41(32)34-19-10-11-21-37(34)50-42)31-23-24-35-39(27-31)49-38-22-12-20-36(40(35)38)45-47-43(29-15-6-2-7-16-29)46-44(48-45)30-17-8-3-9-18-30/h1-27H. The molecule has 50 heavy (non-hydrogen) atoms. The summed E-state index contributed by atoms with van der Waals surface area (Å²) in [6, 6.07) is 55.6. The van der Waals surface area contributed by atoms with E-state index >= 15 is 0 Å². The molecule has 0 unspecified atom stereocenters. The summed E-state index contributed by atoms with van der Waals surface area (Å²) in [7, 11) is 0. The number of rotatable bonds is 5. The molecule has 10 aromatic rings. The van der Waals surface area contributed by atoms with Crippen LogP contribution in [0.2, 0.25) is 0 Å². The lowest BCUT2D eigenvalue weighted by atomic mass is 9.94. The lowest BCUT2D eigenvalue weighted by molar-refractivity contribution is 0.668. The van der Waals surface area contributed by atoms with Gasteiger partial charge in [-0.15, -0.1) is 0 Å². The van der Waals surface area contributed by atoms with E-state index in [1.54, 1.807) is 0 Å². The Hall–Kier alpha value is -6.85. The molecular formula is C45H27N3O2. The molecule has 0 aliphatic carbocycles. The van der Waals surface area contributed by atoms with Crippen molar-refractivity contribution in [3.63, 3.8) is 0 Å². The monoisotopic (exact) mass is 641 g/mol. The molecule has 0 saturated heterocycles. The second kappa shape index (κ2) is 11.4. The first kappa shape index (κ1) is 28.2. The van der Waals surface area contributed by atoms with Gasteiger partial charge in [-0.3, -0.25) is 0 Å².